The number of allylic oxidation sites excluding steroid dienone is 3. The van der Waals surface area contributed by atoms with Crippen LogP contribution in [0.4, 0.5) is 0 Å². The van der Waals surface area contributed by atoms with E-state index in [0.717, 1.165) is 24.3 Å². The first kappa shape index (κ1) is 15.6. The van der Waals surface area contributed by atoms with Crippen LogP contribution in [0.15, 0.2) is 47.7 Å². The molecule has 3 heteroatoms. The molecule has 1 aromatic rings. The molecule has 0 bridgehead atoms. The number of ketones is 1. The van der Waals surface area contributed by atoms with E-state index in [1.54, 1.807) is 0 Å². The molecule has 3 aliphatic rings. The Bertz CT molecular complexity index is 683. The molecule has 0 saturated carbocycles. The number of nitrogens with zero attached hydrogens (tertiary/aromatic N) is 1. The van der Waals surface area contributed by atoms with Gasteiger partial charge in [0.15, 0.2) is 5.78 Å². The second-order valence-corrected chi connectivity index (χ2v) is 7.10. The third kappa shape index (κ3) is 3.18. The van der Waals surface area contributed by atoms with Crippen molar-refractivity contribution in [2.45, 2.75) is 38.7 Å². The van der Waals surface area contributed by atoms with Gasteiger partial charge in [-0.2, -0.15) is 0 Å². The van der Waals surface area contributed by atoms with Crippen molar-refractivity contribution < 1.29 is 9.53 Å². The van der Waals surface area contributed by atoms with Crippen LogP contribution in [0.2, 0.25) is 0 Å². The summed E-state index contributed by atoms with van der Waals surface area (Å²) in [6.07, 6.45) is 9.67. The molecular weight excluding hydrogens is 298 g/mol. The first-order chi connectivity index (χ1) is 11.8. The minimum atomic E-state index is 0.0135. The molecule has 1 unspecified atom stereocenters. The summed E-state index contributed by atoms with van der Waals surface area (Å²) in [6, 6.07) is 8.28. The molecule has 1 atom stereocenters. The number of ether oxygens (including phenoxy) is 1. The Hall–Kier alpha value is -1.87. The highest BCUT2D eigenvalue weighted by Crippen LogP contribution is 2.31. The second-order valence-electron chi connectivity index (χ2n) is 7.10. The molecule has 24 heavy (non-hydrogen) atoms. The number of Topliss-reactive ketones (excluding diaryl/α,β-unsaturated/α-hetero) is 1. The lowest BCUT2D eigenvalue weighted by atomic mass is 9.86. The summed E-state index contributed by atoms with van der Waals surface area (Å²) in [7, 11) is 0. The van der Waals surface area contributed by atoms with Gasteiger partial charge in [-0.3, -0.25) is 4.79 Å². The summed E-state index contributed by atoms with van der Waals surface area (Å²) in [5.74, 6) is 1.06. The van der Waals surface area contributed by atoms with Crippen LogP contribution in [0.25, 0.3) is 0 Å². The quantitative estimate of drug-likeness (QED) is 0.850. The summed E-state index contributed by atoms with van der Waals surface area (Å²) in [5, 5.41) is 0. The fourth-order valence-corrected chi connectivity index (χ4v) is 3.99. The maximum atomic E-state index is 13.0. The smallest absolute Gasteiger partial charge is 0.169 e. The van der Waals surface area contributed by atoms with E-state index in [2.05, 4.69) is 23.1 Å². The minimum Gasteiger partial charge on any atom is -0.488 e. The number of benzene rings is 1. The summed E-state index contributed by atoms with van der Waals surface area (Å²) in [5.41, 5.74) is 3.28. The Labute approximate surface area is 144 Å². The van der Waals surface area contributed by atoms with Crippen molar-refractivity contribution in [1.29, 1.82) is 0 Å². The van der Waals surface area contributed by atoms with Gasteiger partial charge in [0.05, 0.1) is 0 Å². The predicted molar refractivity (Wildman–Crippen MR) is 94.5 cm³/mol. The van der Waals surface area contributed by atoms with Gasteiger partial charge in [0.1, 0.15) is 12.4 Å². The van der Waals surface area contributed by atoms with Crippen molar-refractivity contribution in [2.24, 2.45) is 5.92 Å². The number of likely N-dealkylation sites (tertiary alicyclic amines) is 1. The molecule has 2 aliphatic heterocycles. The number of fused-ring (bicyclic) bond motifs is 1. The minimum absolute atomic E-state index is 0.0135. The van der Waals surface area contributed by atoms with Gasteiger partial charge in [0, 0.05) is 17.9 Å². The van der Waals surface area contributed by atoms with Crippen LogP contribution in [-0.4, -0.2) is 30.3 Å². The molecule has 3 nitrogen and oxygen atoms in total. The van der Waals surface area contributed by atoms with Crippen LogP contribution < -0.4 is 0 Å². The molecule has 1 fully saturated rings. The van der Waals surface area contributed by atoms with Gasteiger partial charge in [-0.1, -0.05) is 36.8 Å². The summed E-state index contributed by atoms with van der Waals surface area (Å²) in [6.45, 7) is 3.97. The van der Waals surface area contributed by atoms with E-state index in [1.165, 1.54) is 43.5 Å². The Kier molecular flexibility index (Phi) is 4.52. The van der Waals surface area contributed by atoms with Crippen molar-refractivity contribution in [3.63, 3.8) is 0 Å². The first-order valence-electron chi connectivity index (χ1n) is 9.19. The van der Waals surface area contributed by atoms with Crippen LogP contribution in [0, 0.1) is 5.92 Å². The molecule has 2 heterocycles. The second kappa shape index (κ2) is 6.94. The third-order valence-electron chi connectivity index (χ3n) is 5.49. The summed E-state index contributed by atoms with van der Waals surface area (Å²) < 4.78 is 5.91. The highest BCUT2D eigenvalue weighted by Gasteiger charge is 2.29. The molecule has 4 rings (SSSR count). The van der Waals surface area contributed by atoms with Crippen LogP contribution >= 0.6 is 0 Å². The van der Waals surface area contributed by atoms with Gasteiger partial charge < -0.3 is 9.64 Å². The molecule has 0 amide bonds. The molecule has 0 radical (unpaired) electrons. The van der Waals surface area contributed by atoms with E-state index in [4.69, 9.17) is 4.74 Å². The van der Waals surface area contributed by atoms with E-state index in [9.17, 15) is 4.79 Å². The Morgan fingerprint density at radius 1 is 1.08 bits per heavy atom. The maximum Gasteiger partial charge on any atom is 0.169 e. The fraction of sp³-hybridized carbons (Fsp3) is 0.476. The lowest BCUT2D eigenvalue weighted by Crippen LogP contribution is -2.33. The monoisotopic (exact) mass is 323 g/mol. The van der Waals surface area contributed by atoms with Crippen molar-refractivity contribution in [2.75, 3.05) is 19.6 Å². The van der Waals surface area contributed by atoms with E-state index in [0.29, 0.717) is 13.0 Å². The number of carbonyl (C=O) groups excluding carboxylic acids is 1. The van der Waals surface area contributed by atoms with E-state index < -0.39 is 0 Å². The van der Waals surface area contributed by atoms with Crippen LogP contribution in [0.5, 0.6) is 0 Å². The molecule has 0 N–H and O–H groups in total. The maximum absolute atomic E-state index is 13.0. The van der Waals surface area contributed by atoms with Crippen molar-refractivity contribution in [3.05, 3.63) is 58.9 Å². The van der Waals surface area contributed by atoms with Gasteiger partial charge in [0.2, 0.25) is 0 Å². The van der Waals surface area contributed by atoms with Crippen LogP contribution in [0.3, 0.4) is 0 Å². The largest absolute Gasteiger partial charge is 0.488 e. The lowest BCUT2D eigenvalue weighted by molar-refractivity contribution is -0.118. The van der Waals surface area contributed by atoms with Crippen LogP contribution in [-0.2, 0) is 22.6 Å². The number of hydrogen-bond acceptors (Lipinski definition) is 3. The van der Waals surface area contributed by atoms with Crippen molar-refractivity contribution >= 4 is 5.78 Å². The summed E-state index contributed by atoms with van der Waals surface area (Å²) in [4.78, 5) is 15.5. The van der Waals surface area contributed by atoms with Gasteiger partial charge in [-0.15, -0.1) is 0 Å². The average Bonchev–Trinajstić information content (AvgIpc) is 2.82. The Morgan fingerprint density at radius 3 is 2.71 bits per heavy atom. The summed E-state index contributed by atoms with van der Waals surface area (Å²) >= 11 is 0. The van der Waals surface area contributed by atoms with E-state index in [1.807, 2.05) is 18.2 Å². The Morgan fingerprint density at radius 2 is 1.88 bits per heavy atom. The highest BCUT2D eigenvalue weighted by atomic mass is 16.5. The lowest BCUT2D eigenvalue weighted by Gasteiger charge is -2.28. The molecule has 1 aliphatic carbocycles. The highest BCUT2D eigenvalue weighted by molar-refractivity contribution is 6.00. The molecule has 1 aromatic carbocycles. The molecule has 126 valence electrons. The van der Waals surface area contributed by atoms with Gasteiger partial charge >= 0.3 is 0 Å². The molecule has 1 saturated heterocycles. The van der Waals surface area contributed by atoms with Gasteiger partial charge in [-0.25, -0.2) is 0 Å². The molecule has 0 aromatic heterocycles. The molecular formula is C21H25NO2. The topological polar surface area (TPSA) is 29.5 Å². The fourth-order valence-electron chi connectivity index (χ4n) is 3.99. The number of hydrogen-bond donors (Lipinski definition) is 0. The normalized spacial score (nSPS) is 24.2. The SMILES string of the molecule is O=C1C2=C(C=CC1CCN1CCCCC1)OCc1ccccc1C2. The Balaban J connectivity index is 1.45. The average molecular weight is 323 g/mol. The third-order valence-corrected chi connectivity index (χ3v) is 5.49. The molecule has 0 spiro atoms. The zero-order valence-corrected chi connectivity index (χ0v) is 14.2. The first-order valence-corrected chi connectivity index (χ1v) is 9.19. The zero-order valence-electron chi connectivity index (χ0n) is 14.2. The standard InChI is InChI=1S/C21H25NO2/c23-21-16(10-13-22-11-4-1-5-12-22)8-9-20-19(21)14-17-6-2-3-7-18(17)15-24-20/h2-3,6-9,16H,1,4-5,10-15H2. The predicted octanol–water partition coefficient (Wildman–Crippen LogP) is 3.64. The van der Waals surface area contributed by atoms with E-state index >= 15 is 0 Å². The van der Waals surface area contributed by atoms with Gasteiger partial charge in [-0.05, 0) is 56.1 Å². The van der Waals surface area contributed by atoms with Crippen molar-refractivity contribution in [1.82, 2.24) is 4.90 Å². The number of carbonyl (C=O) groups is 1. The van der Waals surface area contributed by atoms with Gasteiger partial charge in [0.25, 0.3) is 0 Å². The van der Waals surface area contributed by atoms with Crippen molar-refractivity contribution in [3.8, 4) is 0 Å². The zero-order chi connectivity index (χ0) is 16.4. The van der Waals surface area contributed by atoms with Crippen LogP contribution in [0.1, 0.15) is 36.8 Å². The number of piperidine rings is 1. The number of rotatable bonds is 3. The van der Waals surface area contributed by atoms with E-state index in [-0.39, 0.29) is 11.7 Å².